The molecular formula is C19H18ClFN4O2. The molecule has 0 unspecified atom stereocenters. The molecule has 0 fully saturated rings. The number of nitrogens with zero attached hydrogens (tertiary/aromatic N) is 1. The first-order valence-corrected chi connectivity index (χ1v) is 8.74. The van der Waals surface area contributed by atoms with Crippen LogP contribution >= 0.6 is 11.6 Å². The molecule has 0 aliphatic heterocycles. The summed E-state index contributed by atoms with van der Waals surface area (Å²) in [6, 6.07) is 10.2. The molecule has 3 N–H and O–H groups in total. The molecule has 3 aromatic rings. The lowest BCUT2D eigenvalue weighted by Gasteiger charge is -2.21. The normalized spacial score (nSPS) is 12.2. The van der Waals surface area contributed by atoms with Crippen LogP contribution < -0.4 is 10.6 Å². The number of carbonyl (C=O) groups is 2. The van der Waals surface area contributed by atoms with E-state index in [1.54, 1.807) is 13.8 Å². The highest BCUT2D eigenvalue weighted by Gasteiger charge is 2.25. The van der Waals surface area contributed by atoms with Gasteiger partial charge in [-0.3, -0.25) is 14.9 Å². The molecule has 1 heterocycles. The van der Waals surface area contributed by atoms with E-state index in [1.165, 1.54) is 12.1 Å². The number of amides is 2. The van der Waals surface area contributed by atoms with Crippen molar-refractivity contribution < 1.29 is 14.0 Å². The Morgan fingerprint density at radius 3 is 2.59 bits per heavy atom. The summed E-state index contributed by atoms with van der Waals surface area (Å²) in [5.41, 5.74) is 1.68. The summed E-state index contributed by atoms with van der Waals surface area (Å²) in [6.45, 7) is 3.61. The molecule has 0 saturated heterocycles. The first kappa shape index (κ1) is 18.8. The number of halogens is 2. The number of anilines is 1. The quantitative estimate of drug-likeness (QED) is 0.622. The Labute approximate surface area is 160 Å². The van der Waals surface area contributed by atoms with E-state index in [-0.39, 0.29) is 16.5 Å². The lowest BCUT2D eigenvalue weighted by atomic mass is 10.0. The average molecular weight is 389 g/mol. The van der Waals surface area contributed by atoms with Crippen LogP contribution in [-0.2, 0) is 4.79 Å². The van der Waals surface area contributed by atoms with Gasteiger partial charge in [-0.1, -0.05) is 37.6 Å². The van der Waals surface area contributed by atoms with Crippen molar-refractivity contribution in [1.82, 2.24) is 15.3 Å². The van der Waals surface area contributed by atoms with Crippen LogP contribution in [0.1, 0.15) is 24.2 Å². The largest absolute Gasteiger partial charge is 0.340 e. The standard InChI is InChI=1S/C19H18ClFN4O2/c1-10(2)16(24-17(26)11-7-8-13(21)12(20)9-11)18(27)25-19-22-14-5-3-4-6-15(14)23-19/h3-10,16H,1-2H3,(H,24,26)(H2,22,23,25,27)/t16-/m0/s1. The zero-order chi connectivity index (χ0) is 19.6. The lowest BCUT2D eigenvalue weighted by Crippen LogP contribution is -2.47. The highest BCUT2D eigenvalue weighted by molar-refractivity contribution is 6.31. The van der Waals surface area contributed by atoms with Gasteiger partial charge in [-0.05, 0) is 36.2 Å². The molecule has 0 spiro atoms. The number of hydrogen-bond acceptors (Lipinski definition) is 3. The Kier molecular flexibility index (Phi) is 5.41. The maximum atomic E-state index is 13.3. The molecule has 0 bridgehead atoms. The van der Waals surface area contributed by atoms with Gasteiger partial charge in [-0.25, -0.2) is 9.37 Å². The highest BCUT2D eigenvalue weighted by Crippen LogP contribution is 2.17. The summed E-state index contributed by atoms with van der Waals surface area (Å²) < 4.78 is 13.3. The molecule has 1 atom stereocenters. The molecular weight excluding hydrogens is 371 g/mol. The zero-order valence-electron chi connectivity index (χ0n) is 14.7. The van der Waals surface area contributed by atoms with Gasteiger partial charge in [0.1, 0.15) is 11.9 Å². The minimum absolute atomic E-state index is 0.157. The van der Waals surface area contributed by atoms with Gasteiger partial charge in [0.05, 0.1) is 16.1 Å². The molecule has 2 aromatic carbocycles. The fourth-order valence-corrected chi connectivity index (χ4v) is 2.78. The minimum atomic E-state index is -0.811. The third-order valence-electron chi connectivity index (χ3n) is 4.05. The van der Waals surface area contributed by atoms with E-state index < -0.39 is 23.7 Å². The first-order valence-electron chi connectivity index (χ1n) is 8.36. The third kappa shape index (κ3) is 4.25. The second kappa shape index (κ2) is 7.75. The Morgan fingerprint density at radius 1 is 1.19 bits per heavy atom. The number of H-pyrrole nitrogens is 1. The van der Waals surface area contributed by atoms with Crippen molar-refractivity contribution in [2.45, 2.75) is 19.9 Å². The third-order valence-corrected chi connectivity index (χ3v) is 4.34. The van der Waals surface area contributed by atoms with Gasteiger partial charge in [0.25, 0.3) is 5.91 Å². The van der Waals surface area contributed by atoms with Crippen LogP contribution in [0.2, 0.25) is 5.02 Å². The van der Waals surface area contributed by atoms with Crippen LogP contribution in [0.15, 0.2) is 42.5 Å². The van der Waals surface area contributed by atoms with E-state index in [0.29, 0.717) is 5.95 Å². The van der Waals surface area contributed by atoms with Crippen molar-refractivity contribution in [3.63, 3.8) is 0 Å². The summed E-state index contributed by atoms with van der Waals surface area (Å²) in [7, 11) is 0. The van der Waals surface area contributed by atoms with E-state index in [2.05, 4.69) is 20.6 Å². The molecule has 27 heavy (non-hydrogen) atoms. The lowest BCUT2D eigenvalue weighted by molar-refractivity contribution is -0.118. The average Bonchev–Trinajstić information content (AvgIpc) is 3.03. The van der Waals surface area contributed by atoms with Crippen LogP contribution in [0.25, 0.3) is 11.0 Å². The fourth-order valence-electron chi connectivity index (χ4n) is 2.60. The monoisotopic (exact) mass is 388 g/mol. The number of aromatic nitrogens is 2. The van der Waals surface area contributed by atoms with E-state index in [9.17, 15) is 14.0 Å². The molecule has 3 rings (SSSR count). The van der Waals surface area contributed by atoms with Crippen LogP contribution in [-0.4, -0.2) is 27.8 Å². The maximum Gasteiger partial charge on any atom is 0.251 e. The van der Waals surface area contributed by atoms with Gasteiger partial charge in [-0.15, -0.1) is 0 Å². The van der Waals surface area contributed by atoms with Crippen LogP contribution in [0.4, 0.5) is 10.3 Å². The molecule has 0 radical (unpaired) electrons. The van der Waals surface area contributed by atoms with Gasteiger partial charge >= 0.3 is 0 Å². The van der Waals surface area contributed by atoms with Crippen molar-refractivity contribution in [3.8, 4) is 0 Å². The van der Waals surface area contributed by atoms with Crippen molar-refractivity contribution >= 4 is 40.4 Å². The number of aromatic amines is 1. The molecule has 0 aliphatic carbocycles. The number of para-hydroxylation sites is 2. The number of carbonyl (C=O) groups excluding carboxylic acids is 2. The fraction of sp³-hybridized carbons (Fsp3) is 0.211. The van der Waals surface area contributed by atoms with E-state index in [4.69, 9.17) is 11.6 Å². The predicted octanol–water partition coefficient (Wildman–Crippen LogP) is 3.75. The topological polar surface area (TPSA) is 86.9 Å². The molecule has 140 valence electrons. The summed E-state index contributed by atoms with van der Waals surface area (Å²) >= 11 is 5.72. The predicted molar refractivity (Wildman–Crippen MR) is 102 cm³/mol. The van der Waals surface area contributed by atoms with Gasteiger partial charge in [0, 0.05) is 5.56 Å². The Morgan fingerprint density at radius 2 is 1.93 bits per heavy atom. The molecule has 1 aromatic heterocycles. The van der Waals surface area contributed by atoms with Crippen LogP contribution in [0, 0.1) is 11.7 Å². The van der Waals surface area contributed by atoms with Crippen molar-refractivity contribution in [1.29, 1.82) is 0 Å². The number of benzene rings is 2. The second-order valence-electron chi connectivity index (χ2n) is 6.42. The summed E-state index contributed by atoms with van der Waals surface area (Å²) in [5, 5.41) is 5.19. The van der Waals surface area contributed by atoms with Gasteiger partial charge in [-0.2, -0.15) is 0 Å². The molecule has 6 nitrogen and oxygen atoms in total. The molecule has 0 saturated carbocycles. The SMILES string of the molecule is CC(C)[C@H](NC(=O)c1ccc(F)c(Cl)c1)C(=O)Nc1nc2ccccc2[nH]1. The number of hydrogen-bond donors (Lipinski definition) is 3. The molecule has 8 heteroatoms. The van der Waals surface area contributed by atoms with Gasteiger partial charge in [0.15, 0.2) is 0 Å². The van der Waals surface area contributed by atoms with E-state index in [0.717, 1.165) is 17.1 Å². The minimum Gasteiger partial charge on any atom is -0.340 e. The number of imidazole rings is 1. The van der Waals surface area contributed by atoms with Crippen LogP contribution in [0.5, 0.6) is 0 Å². The molecule has 2 amide bonds. The summed E-state index contributed by atoms with van der Waals surface area (Å²) in [4.78, 5) is 32.4. The zero-order valence-corrected chi connectivity index (χ0v) is 15.5. The smallest absolute Gasteiger partial charge is 0.251 e. The number of fused-ring (bicyclic) bond motifs is 1. The van der Waals surface area contributed by atoms with Gasteiger partial charge < -0.3 is 10.3 Å². The summed E-state index contributed by atoms with van der Waals surface area (Å²) in [6.07, 6.45) is 0. The number of rotatable bonds is 5. The van der Waals surface area contributed by atoms with Gasteiger partial charge in [0.2, 0.25) is 11.9 Å². The van der Waals surface area contributed by atoms with E-state index in [1.807, 2.05) is 24.3 Å². The first-order chi connectivity index (χ1) is 12.8. The Bertz CT molecular complexity index is 969. The summed E-state index contributed by atoms with van der Waals surface area (Å²) in [5.74, 6) is -1.43. The Hall–Kier alpha value is -2.93. The maximum absolute atomic E-state index is 13.3. The van der Waals surface area contributed by atoms with Crippen molar-refractivity contribution in [2.75, 3.05) is 5.32 Å². The van der Waals surface area contributed by atoms with Crippen molar-refractivity contribution in [3.05, 3.63) is 58.9 Å². The van der Waals surface area contributed by atoms with E-state index >= 15 is 0 Å². The molecule has 0 aliphatic rings. The van der Waals surface area contributed by atoms with Crippen LogP contribution in [0.3, 0.4) is 0 Å². The highest BCUT2D eigenvalue weighted by atomic mass is 35.5. The van der Waals surface area contributed by atoms with Crippen molar-refractivity contribution in [2.24, 2.45) is 5.92 Å². The second-order valence-corrected chi connectivity index (χ2v) is 6.82. The number of nitrogens with one attached hydrogen (secondary N) is 3. The Balaban J connectivity index is 1.74.